The Balaban J connectivity index is 2.00. The molecule has 0 aliphatic rings. The molecule has 0 saturated carbocycles. The summed E-state index contributed by atoms with van der Waals surface area (Å²) in [7, 11) is 0. The lowest BCUT2D eigenvalue weighted by atomic mass is 10.1. The van der Waals surface area contributed by atoms with E-state index >= 15 is 0 Å². The number of rotatable bonds is 6. The van der Waals surface area contributed by atoms with E-state index in [1.807, 2.05) is 24.3 Å². The van der Waals surface area contributed by atoms with E-state index in [4.69, 9.17) is 15.3 Å². The fourth-order valence-electron chi connectivity index (χ4n) is 1.92. The van der Waals surface area contributed by atoms with Gasteiger partial charge in [0.15, 0.2) is 0 Å². The zero-order valence-electron chi connectivity index (χ0n) is 13.1. The molecular weight excluding hydrogens is 431 g/mol. The minimum absolute atomic E-state index is 0.230. The molecule has 0 atom stereocenters. The maximum atomic E-state index is 11.1. The lowest BCUT2D eigenvalue weighted by molar-refractivity contribution is -0.120. The third-order valence-electron chi connectivity index (χ3n) is 3.12. The number of carbonyl (C=O) groups excluding carboxylic acids is 1. The van der Waals surface area contributed by atoms with Crippen LogP contribution in [0.15, 0.2) is 47.6 Å². The minimum atomic E-state index is -0.454. The van der Waals surface area contributed by atoms with Crippen molar-refractivity contribution in [2.24, 2.45) is 5.10 Å². The minimum Gasteiger partial charge on any atom is -0.488 e. The summed E-state index contributed by atoms with van der Waals surface area (Å²) in [6.07, 6.45) is 1.26. The number of halogens is 1. The lowest BCUT2D eigenvalue weighted by Crippen LogP contribution is -2.16. The third kappa shape index (κ3) is 5.59. The van der Waals surface area contributed by atoms with E-state index in [1.165, 1.54) is 6.21 Å². The molecule has 0 bridgehead atoms. The van der Waals surface area contributed by atoms with Crippen LogP contribution in [0.4, 0.5) is 0 Å². The van der Waals surface area contributed by atoms with Gasteiger partial charge in [-0.25, -0.2) is 5.43 Å². The van der Waals surface area contributed by atoms with Crippen LogP contribution in [0, 0.1) is 26.2 Å². The quantitative estimate of drug-likeness (QED) is 0.421. The molecule has 2 rings (SSSR count). The number of nitrogens with zero attached hydrogens (tertiary/aromatic N) is 3. The molecule has 1 amide bonds. The zero-order valence-corrected chi connectivity index (χ0v) is 15.2. The molecule has 124 valence electrons. The fraction of sp³-hybridized carbons (Fsp3) is 0.111. The van der Waals surface area contributed by atoms with Crippen molar-refractivity contribution in [2.45, 2.75) is 13.0 Å². The number of nitriles is 2. The highest BCUT2D eigenvalue weighted by Crippen LogP contribution is 2.23. The highest BCUT2D eigenvalue weighted by molar-refractivity contribution is 14.1. The Labute approximate surface area is 158 Å². The van der Waals surface area contributed by atoms with Gasteiger partial charge in [0.2, 0.25) is 0 Å². The van der Waals surface area contributed by atoms with Crippen LogP contribution in [0.25, 0.3) is 0 Å². The maximum Gasteiger partial charge on any atom is 0.254 e. The van der Waals surface area contributed by atoms with Gasteiger partial charge >= 0.3 is 0 Å². The number of hydrogen-bond donors (Lipinski definition) is 1. The molecule has 0 aliphatic carbocycles. The molecule has 0 heterocycles. The number of hydrogen-bond acceptors (Lipinski definition) is 5. The Kier molecular flexibility index (Phi) is 6.93. The summed E-state index contributed by atoms with van der Waals surface area (Å²) in [5, 5.41) is 21.3. The average Bonchev–Trinajstić information content (AvgIpc) is 2.61. The molecule has 2 aromatic carbocycles. The molecule has 0 spiro atoms. The molecule has 0 aromatic heterocycles. The van der Waals surface area contributed by atoms with Gasteiger partial charge in [-0.15, -0.1) is 0 Å². The van der Waals surface area contributed by atoms with Crippen molar-refractivity contribution < 1.29 is 9.53 Å². The molecule has 0 aliphatic heterocycles. The summed E-state index contributed by atoms with van der Waals surface area (Å²) < 4.78 is 6.66. The maximum absolute atomic E-state index is 11.1. The van der Waals surface area contributed by atoms with Crippen molar-refractivity contribution in [2.75, 3.05) is 0 Å². The molecule has 2 aromatic rings. The lowest BCUT2D eigenvalue weighted by Gasteiger charge is -2.10. The second-order valence-electron chi connectivity index (χ2n) is 4.88. The van der Waals surface area contributed by atoms with Crippen LogP contribution < -0.4 is 10.2 Å². The van der Waals surface area contributed by atoms with E-state index in [2.05, 4.69) is 39.2 Å². The molecule has 25 heavy (non-hydrogen) atoms. The number of nitrogens with one attached hydrogen (secondary N) is 1. The van der Waals surface area contributed by atoms with E-state index in [1.54, 1.807) is 24.3 Å². The normalized spacial score (nSPS) is 10.0. The summed E-state index contributed by atoms with van der Waals surface area (Å²) in [6, 6.07) is 16.6. The SMILES string of the molecule is N#CCC(=O)N/N=C/c1ccc(OCc2ccccc2C#N)c(I)c1. The first kappa shape index (κ1) is 18.4. The molecule has 7 heteroatoms. The molecule has 0 unspecified atom stereocenters. The van der Waals surface area contributed by atoms with Gasteiger partial charge in [0.1, 0.15) is 18.8 Å². The van der Waals surface area contributed by atoms with E-state index in [-0.39, 0.29) is 6.42 Å². The van der Waals surface area contributed by atoms with Gasteiger partial charge in [-0.1, -0.05) is 18.2 Å². The van der Waals surface area contributed by atoms with Gasteiger partial charge in [0, 0.05) is 5.56 Å². The molecule has 6 nitrogen and oxygen atoms in total. The second-order valence-corrected chi connectivity index (χ2v) is 6.04. The fourth-order valence-corrected chi connectivity index (χ4v) is 2.61. The zero-order chi connectivity index (χ0) is 18.1. The molecular formula is C18H13IN4O2. The summed E-state index contributed by atoms with van der Waals surface area (Å²) in [5.74, 6) is 0.239. The predicted octanol–water partition coefficient (Wildman–Crippen LogP) is 3.11. The van der Waals surface area contributed by atoms with Crippen molar-refractivity contribution in [3.05, 3.63) is 62.7 Å². The first-order valence-electron chi connectivity index (χ1n) is 7.23. The van der Waals surface area contributed by atoms with Crippen molar-refractivity contribution in [3.8, 4) is 17.9 Å². The van der Waals surface area contributed by atoms with E-state index in [0.29, 0.717) is 17.9 Å². The molecule has 0 fully saturated rings. The van der Waals surface area contributed by atoms with Crippen LogP contribution in [0.3, 0.4) is 0 Å². The van der Waals surface area contributed by atoms with Crippen LogP contribution in [-0.2, 0) is 11.4 Å². The standard InChI is InChI=1S/C18H13IN4O2/c19-16-9-13(11-22-23-18(24)7-8-20)5-6-17(16)25-12-15-4-2-1-3-14(15)10-21/h1-6,9,11H,7,12H2,(H,23,24)/b22-11+. The van der Waals surface area contributed by atoms with E-state index in [9.17, 15) is 4.79 Å². The van der Waals surface area contributed by atoms with Crippen LogP contribution in [0.2, 0.25) is 0 Å². The highest BCUT2D eigenvalue weighted by Gasteiger charge is 2.05. The first-order valence-corrected chi connectivity index (χ1v) is 8.31. The van der Waals surface area contributed by atoms with Crippen LogP contribution in [-0.4, -0.2) is 12.1 Å². The van der Waals surface area contributed by atoms with Gasteiger partial charge in [-0.3, -0.25) is 4.79 Å². The van der Waals surface area contributed by atoms with Crippen molar-refractivity contribution >= 4 is 34.7 Å². The van der Waals surface area contributed by atoms with Crippen molar-refractivity contribution in [1.29, 1.82) is 10.5 Å². The second kappa shape index (κ2) is 9.40. The summed E-state index contributed by atoms with van der Waals surface area (Å²) in [6.45, 7) is 0.303. The Morgan fingerprint density at radius 1 is 1.28 bits per heavy atom. The van der Waals surface area contributed by atoms with Crippen LogP contribution >= 0.6 is 22.6 Å². The topological polar surface area (TPSA) is 98.3 Å². The van der Waals surface area contributed by atoms with E-state index < -0.39 is 5.91 Å². The monoisotopic (exact) mass is 444 g/mol. The predicted molar refractivity (Wildman–Crippen MR) is 101 cm³/mol. The van der Waals surface area contributed by atoms with Gasteiger partial charge in [0.05, 0.1) is 27.5 Å². The number of carbonyl (C=O) groups is 1. The summed E-state index contributed by atoms with van der Waals surface area (Å²) in [4.78, 5) is 11.1. The number of benzene rings is 2. The Morgan fingerprint density at radius 2 is 2.08 bits per heavy atom. The van der Waals surface area contributed by atoms with E-state index in [0.717, 1.165) is 14.7 Å². The largest absolute Gasteiger partial charge is 0.488 e. The third-order valence-corrected chi connectivity index (χ3v) is 3.96. The number of amides is 1. The van der Waals surface area contributed by atoms with Crippen molar-refractivity contribution in [1.82, 2.24) is 5.43 Å². The Bertz CT molecular complexity index is 881. The summed E-state index contributed by atoms with van der Waals surface area (Å²) in [5.41, 5.74) is 4.47. The molecule has 0 saturated heterocycles. The Morgan fingerprint density at radius 3 is 2.80 bits per heavy atom. The highest BCUT2D eigenvalue weighted by atomic mass is 127. The summed E-state index contributed by atoms with van der Waals surface area (Å²) >= 11 is 2.14. The number of ether oxygens (including phenoxy) is 1. The first-order chi connectivity index (χ1) is 12.1. The van der Waals surface area contributed by atoms with Gasteiger partial charge in [-0.2, -0.15) is 15.6 Å². The van der Waals surface area contributed by atoms with Crippen LogP contribution in [0.1, 0.15) is 23.1 Å². The number of hydrazone groups is 1. The van der Waals surface area contributed by atoms with Crippen molar-refractivity contribution in [3.63, 3.8) is 0 Å². The van der Waals surface area contributed by atoms with Gasteiger partial charge in [-0.05, 0) is 52.4 Å². The Hall–Kier alpha value is -2.91. The van der Waals surface area contributed by atoms with Gasteiger partial charge < -0.3 is 4.74 Å². The average molecular weight is 444 g/mol. The molecule has 0 radical (unpaired) electrons. The van der Waals surface area contributed by atoms with Crippen LogP contribution in [0.5, 0.6) is 5.75 Å². The smallest absolute Gasteiger partial charge is 0.254 e. The molecule has 1 N–H and O–H groups in total. The van der Waals surface area contributed by atoms with Gasteiger partial charge in [0.25, 0.3) is 5.91 Å².